The third-order valence-electron chi connectivity index (χ3n) is 3.36. The number of hydrogen-bond acceptors (Lipinski definition) is 3. The van der Waals surface area contributed by atoms with Crippen LogP contribution >= 0.6 is 0 Å². The molecule has 1 aromatic carbocycles. The van der Waals surface area contributed by atoms with E-state index >= 15 is 0 Å². The van der Waals surface area contributed by atoms with E-state index in [0.717, 1.165) is 12.1 Å². The summed E-state index contributed by atoms with van der Waals surface area (Å²) in [5.74, 6) is -3.67. The van der Waals surface area contributed by atoms with Crippen molar-refractivity contribution in [1.82, 2.24) is 15.6 Å². The summed E-state index contributed by atoms with van der Waals surface area (Å²) in [7, 11) is 1.33. The molecule has 0 bridgehead atoms. The van der Waals surface area contributed by atoms with Gasteiger partial charge in [-0.05, 0) is 36.8 Å². The molecule has 0 spiro atoms. The van der Waals surface area contributed by atoms with Crippen LogP contribution in [0.3, 0.4) is 0 Å². The lowest BCUT2D eigenvalue weighted by Crippen LogP contribution is -2.40. The van der Waals surface area contributed by atoms with Gasteiger partial charge in [0, 0.05) is 12.7 Å². The number of aryl methyl sites for hydroxylation is 1. The van der Waals surface area contributed by atoms with Crippen molar-refractivity contribution in [3.63, 3.8) is 0 Å². The van der Waals surface area contributed by atoms with Crippen molar-refractivity contribution in [2.24, 2.45) is 0 Å². The highest BCUT2D eigenvalue weighted by Crippen LogP contribution is 2.17. The highest BCUT2D eigenvalue weighted by molar-refractivity contribution is 5.97. The van der Waals surface area contributed by atoms with E-state index in [1.165, 1.54) is 25.2 Å². The fraction of sp³-hybridized carbons (Fsp3) is 0.188. The number of aromatic nitrogens is 1. The molecule has 0 radical (unpaired) electrons. The van der Waals surface area contributed by atoms with Gasteiger partial charge in [-0.2, -0.15) is 0 Å². The fourth-order valence-electron chi connectivity index (χ4n) is 2.10. The molecule has 1 heterocycles. The number of benzene rings is 1. The van der Waals surface area contributed by atoms with Crippen molar-refractivity contribution < 1.29 is 18.4 Å². The predicted octanol–water partition coefficient (Wildman–Crippen LogP) is 1.18. The van der Waals surface area contributed by atoms with Crippen molar-refractivity contribution in [2.75, 3.05) is 7.05 Å². The van der Waals surface area contributed by atoms with Crippen LogP contribution in [0.15, 0.2) is 35.1 Å². The minimum Gasteiger partial charge on any atom is -0.357 e. The lowest BCUT2D eigenvalue weighted by molar-refractivity contribution is -0.122. The Morgan fingerprint density at radius 3 is 2.42 bits per heavy atom. The Balaban J connectivity index is 2.35. The van der Waals surface area contributed by atoms with Crippen LogP contribution in [0.25, 0.3) is 0 Å². The number of carbonyl (C=O) groups excluding carboxylic acids is 2. The molecule has 6 nitrogen and oxygen atoms in total. The number of aromatic amines is 1. The molecule has 0 unspecified atom stereocenters. The van der Waals surface area contributed by atoms with Gasteiger partial charge in [-0.1, -0.05) is 6.07 Å². The highest BCUT2D eigenvalue weighted by Gasteiger charge is 2.24. The number of rotatable bonds is 4. The van der Waals surface area contributed by atoms with Gasteiger partial charge in [0.15, 0.2) is 11.6 Å². The van der Waals surface area contributed by atoms with E-state index in [1.807, 2.05) is 0 Å². The Morgan fingerprint density at radius 1 is 1.12 bits per heavy atom. The van der Waals surface area contributed by atoms with Gasteiger partial charge in [-0.15, -0.1) is 0 Å². The third-order valence-corrected chi connectivity index (χ3v) is 3.36. The molecule has 0 saturated heterocycles. The predicted molar refractivity (Wildman–Crippen MR) is 82.4 cm³/mol. The zero-order valence-electron chi connectivity index (χ0n) is 12.9. The van der Waals surface area contributed by atoms with Gasteiger partial charge in [-0.3, -0.25) is 14.4 Å². The molecular formula is C16H15F2N3O3. The summed E-state index contributed by atoms with van der Waals surface area (Å²) in [4.78, 5) is 38.5. The molecule has 2 aromatic rings. The zero-order valence-corrected chi connectivity index (χ0v) is 12.9. The van der Waals surface area contributed by atoms with Gasteiger partial charge < -0.3 is 15.6 Å². The molecule has 126 valence electrons. The fourth-order valence-corrected chi connectivity index (χ4v) is 2.10. The molecular weight excluding hydrogens is 320 g/mol. The topological polar surface area (TPSA) is 91.1 Å². The summed E-state index contributed by atoms with van der Waals surface area (Å²) in [5.41, 5.74) is -0.198. The Labute approximate surface area is 135 Å². The summed E-state index contributed by atoms with van der Waals surface area (Å²) >= 11 is 0. The SMILES string of the molecule is CNC(=O)[C@H](NC(=O)c1ccc(C)[nH]c1=O)c1ccc(F)c(F)c1. The van der Waals surface area contributed by atoms with Crippen molar-refractivity contribution in [2.45, 2.75) is 13.0 Å². The van der Waals surface area contributed by atoms with E-state index in [-0.39, 0.29) is 11.1 Å². The first-order chi connectivity index (χ1) is 11.3. The highest BCUT2D eigenvalue weighted by atomic mass is 19.2. The number of H-pyrrole nitrogens is 1. The minimum absolute atomic E-state index is 0.0464. The van der Waals surface area contributed by atoms with Crippen molar-refractivity contribution >= 4 is 11.8 Å². The maximum atomic E-state index is 13.4. The second-order valence-electron chi connectivity index (χ2n) is 5.08. The van der Waals surface area contributed by atoms with Crippen LogP contribution in [0.2, 0.25) is 0 Å². The second-order valence-corrected chi connectivity index (χ2v) is 5.08. The number of likely N-dealkylation sites (N-methyl/N-ethyl adjacent to an activating group) is 1. The molecule has 0 aliphatic rings. The smallest absolute Gasteiger partial charge is 0.260 e. The molecule has 2 rings (SSSR count). The van der Waals surface area contributed by atoms with Gasteiger partial charge in [0.25, 0.3) is 11.5 Å². The third kappa shape index (κ3) is 3.65. The number of hydrogen-bond donors (Lipinski definition) is 3. The van der Waals surface area contributed by atoms with Crippen LogP contribution in [0.4, 0.5) is 8.78 Å². The first kappa shape index (κ1) is 17.3. The maximum Gasteiger partial charge on any atom is 0.260 e. The Hall–Kier alpha value is -3.03. The summed E-state index contributed by atoms with van der Waals surface area (Å²) in [6, 6.07) is 4.41. The van der Waals surface area contributed by atoms with Gasteiger partial charge in [-0.25, -0.2) is 8.78 Å². The Kier molecular flexibility index (Phi) is 5.08. The van der Waals surface area contributed by atoms with E-state index in [9.17, 15) is 23.2 Å². The van der Waals surface area contributed by atoms with Crippen molar-refractivity contribution in [3.8, 4) is 0 Å². The maximum absolute atomic E-state index is 13.4. The summed E-state index contributed by atoms with van der Waals surface area (Å²) in [6.07, 6.45) is 0. The molecule has 0 aliphatic heterocycles. The Bertz CT molecular complexity index is 849. The largest absolute Gasteiger partial charge is 0.357 e. The summed E-state index contributed by atoms with van der Waals surface area (Å²) in [5, 5.41) is 4.67. The van der Waals surface area contributed by atoms with Crippen LogP contribution in [0, 0.1) is 18.6 Å². The molecule has 1 aromatic heterocycles. The molecule has 1 atom stereocenters. The van der Waals surface area contributed by atoms with Crippen LogP contribution in [0.1, 0.15) is 27.7 Å². The molecule has 0 fully saturated rings. The van der Waals surface area contributed by atoms with E-state index < -0.39 is 35.0 Å². The van der Waals surface area contributed by atoms with Crippen molar-refractivity contribution in [1.29, 1.82) is 0 Å². The van der Waals surface area contributed by atoms with E-state index in [1.54, 1.807) is 6.92 Å². The number of amides is 2. The average molecular weight is 335 g/mol. The molecule has 3 N–H and O–H groups in total. The number of halogens is 2. The summed E-state index contributed by atoms with van der Waals surface area (Å²) < 4.78 is 26.5. The lowest BCUT2D eigenvalue weighted by atomic mass is 10.0. The molecule has 0 aliphatic carbocycles. The normalized spacial score (nSPS) is 11.7. The molecule has 0 saturated carbocycles. The number of carbonyl (C=O) groups is 2. The zero-order chi connectivity index (χ0) is 17.9. The van der Waals surface area contributed by atoms with Gasteiger partial charge in [0.2, 0.25) is 5.91 Å². The second kappa shape index (κ2) is 7.03. The van der Waals surface area contributed by atoms with Crippen LogP contribution in [0.5, 0.6) is 0 Å². The monoisotopic (exact) mass is 335 g/mol. The van der Waals surface area contributed by atoms with Crippen LogP contribution in [-0.4, -0.2) is 23.8 Å². The first-order valence-electron chi connectivity index (χ1n) is 7.01. The first-order valence-corrected chi connectivity index (χ1v) is 7.01. The van der Waals surface area contributed by atoms with E-state index in [0.29, 0.717) is 5.69 Å². The number of pyridine rings is 1. The van der Waals surface area contributed by atoms with Crippen LogP contribution < -0.4 is 16.2 Å². The van der Waals surface area contributed by atoms with E-state index in [4.69, 9.17) is 0 Å². The standard InChI is InChI=1S/C16H15F2N3O3/c1-8-3-5-10(14(22)20-8)15(23)21-13(16(24)19-2)9-4-6-11(17)12(18)7-9/h3-7,13H,1-2H3,(H,19,24)(H,20,22)(H,21,23)/t13-/m1/s1. The van der Waals surface area contributed by atoms with E-state index in [2.05, 4.69) is 15.6 Å². The van der Waals surface area contributed by atoms with Crippen molar-refractivity contribution in [3.05, 3.63) is 69.1 Å². The molecule has 2 amide bonds. The van der Waals surface area contributed by atoms with Gasteiger partial charge in [0.05, 0.1) is 0 Å². The lowest BCUT2D eigenvalue weighted by Gasteiger charge is -2.18. The average Bonchev–Trinajstić information content (AvgIpc) is 2.54. The molecule has 8 heteroatoms. The quantitative estimate of drug-likeness (QED) is 0.783. The minimum atomic E-state index is -1.28. The van der Waals surface area contributed by atoms with Gasteiger partial charge in [0.1, 0.15) is 11.6 Å². The Morgan fingerprint density at radius 2 is 1.83 bits per heavy atom. The number of nitrogens with one attached hydrogen (secondary N) is 3. The molecule has 24 heavy (non-hydrogen) atoms. The van der Waals surface area contributed by atoms with Gasteiger partial charge >= 0.3 is 0 Å². The summed E-state index contributed by atoms with van der Waals surface area (Å²) in [6.45, 7) is 1.65. The van der Waals surface area contributed by atoms with Crippen LogP contribution in [-0.2, 0) is 4.79 Å².